The van der Waals surface area contributed by atoms with Gasteiger partial charge in [-0.3, -0.25) is 9.78 Å². The van der Waals surface area contributed by atoms with Gasteiger partial charge in [0.15, 0.2) is 0 Å². The van der Waals surface area contributed by atoms with Crippen molar-refractivity contribution >= 4 is 11.5 Å². The van der Waals surface area contributed by atoms with Crippen molar-refractivity contribution in [3.8, 4) is 11.5 Å². The Morgan fingerprint density at radius 2 is 2.03 bits per heavy atom. The van der Waals surface area contributed by atoms with Gasteiger partial charge in [0.1, 0.15) is 17.2 Å². The number of carbonyl (C=O) groups is 1. The Morgan fingerprint density at radius 1 is 1.21 bits per heavy atom. The number of phenolic OH excluding ortho intramolecular Hbond substituents is 1. The van der Waals surface area contributed by atoms with Gasteiger partial charge in [-0.05, 0) is 63.6 Å². The predicted molar refractivity (Wildman–Crippen MR) is 114 cm³/mol. The first kappa shape index (κ1) is 20.9. The molecule has 154 valence electrons. The largest absolute Gasteiger partial charge is 0.507 e. The molecule has 3 rings (SSSR count). The standard InChI is InChI=1S/C23H29N3O3/c1-3-26(4-2)23(28)19-12-11-17(16-25-19)18-8-6-13-24-14-7-15-29-21-10-5-9-20(27)22(18)21/h5,8-12,16,24,27H,3-4,6-7,13-15H2,1-2H3/b18-8-. The first-order valence-electron chi connectivity index (χ1n) is 10.3. The Labute approximate surface area is 172 Å². The Hall–Kier alpha value is -2.86. The lowest BCUT2D eigenvalue weighted by atomic mass is 9.96. The van der Waals surface area contributed by atoms with E-state index in [1.165, 1.54) is 0 Å². The SMILES string of the molecule is CCN(CC)C(=O)c1ccc(/C2=C/CCNCCCOc3cccc(O)c32)cn1. The maximum absolute atomic E-state index is 12.5. The molecule has 0 saturated heterocycles. The first-order chi connectivity index (χ1) is 14.2. The molecule has 0 spiro atoms. The lowest BCUT2D eigenvalue weighted by molar-refractivity contribution is 0.0767. The zero-order valence-electron chi connectivity index (χ0n) is 17.1. The van der Waals surface area contributed by atoms with E-state index in [9.17, 15) is 9.90 Å². The number of aromatic nitrogens is 1. The topological polar surface area (TPSA) is 74.7 Å². The maximum atomic E-state index is 12.5. The van der Waals surface area contributed by atoms with Gasteiger partial charge in [0.2, 0.25) is 0 Å². The summed E-state index contributed by atoms with van der Waals surface area (Å²) in [6.45, 7) is 7.52. The quantitative estimate of drug-likeness (QED) is 0.829. The number of ether oxygens (including phenoxy) is 1. The fraction of sp³-hybridized carbons (Fsp3) is 0.391. The van der Waals surface area contributed by atoms with Crippen molar-refractivity contribution < 1.29 is 14.6 Å². The van der Waals surface area contributed by atoms with Crippen LogP contribution in [0.5, 0.6) is 11.5 Å². The van der Waals surface area contributed by atoms with E-state index in [2.05, 4.69) is 16.4 Å². The number of amides is 1. The monoisotopic (exact) mass is 395 g/mol. The Morgan fingerprint density at radius 3 is 2.76 bits per heavy atom. The molecule has 2 aromatic rings. The number of pyridine rings is 1. The lowest BCUT2D eigenvalue weighted by Gasteiger charge is -2.18. The summed E-state index contributed by atoms with van der Waals surface area (Å²) < 4.78 is 5.95. The van der Waals surface area contributed by atoms with Gasteiger partial charge >= 0.3 is 0 Å². The van der Waals surface area contributed by atoms with Crippen LogP contribution in [0.15, 0.2) is 42.6 Å². The second-order valence-electron chi connectivity index (χ2n) is 6.92. The number of benzene rings is 1. The lowest BCUT2D eigenvalue weighted by Crippen LogP contribution is -2.31. The van der Waals surface area contributed by atoms with Crippen molar-refractivity contribution in [3.63, 3.8) is 0 Å². The fourth-order valence-electron chi connectivity index (χ4n) is 3.45. The smallest absolute Gasteiger partial charge is 0.272 e. The average molecular weight is 396 g/mol. The number of hydrogen-bond donors (Lipinski definition) is 2. The number of hydrogen-bond acceptors (Lipinski definition) is 5. The number of fused-ring (bicyclic) bond motifs is 1. The summed E-state index contributed by atoms with van der Waals surface area (Å²) >= 11 is 0. The highest BCUT2D eigenvalue weighted by atomic mass is 16.5. The third-order valence-electron chi connectivity index (χ3n) is 5.04. The van der Waals surface area contributed by atoms with Crippen molar-refractivity contribution in [1.29, 1.82) is 0 Å². The molecule has 1 aromatic carbocycles. The molecule has 0 aliphatic carbocycles. The Balaban J connectivity index is 1.99. The van der Waals surface area contributed by atoms with Gasteiger partial charge in [0.25, 0.3) is 5.91 Å². The number of rotatable bonds is 4. The van der Waals surface area contributed by atoms with Crippen LogP contribution in [0.1, 0.15) is 48.3 Å². The van der Waals surface area contributed by atoms with E-state index >= 15 is 0 Å². The van der Waals surface area contributed by atoms with Crippen molar-refractivity contribution in [2.75, 3.05) is 32.8 Å². The minimum absolute atomic E-state index is 0.0752. The molecular formula is C23H29N3O3. The van der Waals surface area contributed by atoms with Crippen LogP contribution in [0.4, 0.5) is 0 Å². The van der Waals surface area contributed by atoms with Crippen LogP contribution in [0.25, 0.3) is 5.57 Å². The second kappa shape index (κ2) is 10.1. The molecule has 0 radical (unpaired) electrons. The summed E-state index contributed by atoms with van der Waals surface area (Å²) in [5.74, 6) is 0.749. The molecule has 6 nitrogen and oxygen atoms in total. The summed E-state index contributed by atoms with van der Waals surface area (Å²) in [6, 6.07) is 8.97. The highest BCUT2D eigenvalue weighted by Crippen LogP contribution is 2.38. The van der Waals surface area contributed by atoms with Crippen LogP contribution in [-0.4, -0.2) is 53.7 Å². The van der Waals surface area contributed by atoms with Gasteiger partial charge in [0.05, 0.1) is 12.2 Å². The zero-order valence-corrected chi connectivity index (χ0v) is 17.1. The van der Waals surface area contributed by atoms with Crippen molar-refractivity contribution in [2.45, 2.75) is 26.7 Å². The Kier molecular flexibility index (Phi) is 7.25. The number of carbonyl (C=O) groups excluding carboxylic acids is 1. The summed E-state index contributed by atoms with van der Waals surface area (Å²) in [6.07, 6.45) is 5.49. The number of aromatic hydroxyl groups is 1. The summed E-state index contributed by atoms with van der Waals surface area (Å²) in [5, 5.41) is 14.0. The summed E-state index contributed by atoms with van der Waals surface area (Å²) in [7, 11) is 0. The minimum atomic E-state index is -0.0752. The van der Waals surface area contributed by atoms with Crippen LogP contribution >= 0.6 is 0 Å². The van der Waals surface area contributed by atoms with Crippen LogP contribution in [0.2, 0.25) is 0 Å². The van der Waals surface area contributed by atoms with Crippen LogP contribution < -0.4 is 10.1 Å². The molecule has 0 bridgehead atoms. The highest BCUT2D eigenvalue weighted by molar-refractivity contribution is 5.93. The minimum Gasteiger partial charge on any atom is -0.507 e. The molecule has 1 aromatic heterocycles. The Bertz CT molecular complexity index is 858. The molecule has 1 aliphatic rings. The van der Waals surface area contributed by atoms with Gasteiger partial charge in [-0.15, -0.1) is 0 Å². The number of nitrogens with one attached hydrogen (secondary N) is 1. The van der Waals surface area contributed by atoms with Gasteiger partial charge < -0.3 is 20.1 Å². The summed E-state index contributed by atoms with van der Waals surface area (Å²) in [4.78, 5) is 18.7. The number of nitrogens with zero attached hydrogens (tertiary/aromatic N) is 2. The fourth-order valence-corrected chi connectivity index (χ4v) is 3.45. The first-order valence-corrected chi connectivity index (χ1v) is 10.3. The van der Waals surface area contributed by atoms with E-state index in [4.69, 9.17) is 4.74 Å². The van der Waals surface area contributed by atoms with E-state index in [-0.39, 0.29) is 11.7 Å². The summed E-state index contributed by atoms with van der Waals surface area (Å²) in [5.41, 5.74) is 2.78. The molecule has 6 heteroatoms. The number of phenols is 1. The van der Waals surface area contributed by atoms with E-state index < -0.39 is 0 Å². The maximum Gasteiger partial charge on any atom is 0.272 e. The molecule has 0 unspecified atom stereocenters. The van der Waals surface area contributed by atoms with Crippen LogP contribution in [0, 0.1) is 0 Å². The van der Waals surface area contributed by atoms with Gasteiger partial charge in [0, 0.05) is 24.8 Å². The average Bonchev–Trinajstić information content (AvgIpc) is 2.79. The van der Waals surface area contributed by atoms with E-state index in [1.807, 2.05) is 26.0 Å². The molecule has 1 amide bonds. The van der Waals surface area contributed by atoms with E-state index in [0.717, 1.165) is 37.1 Å². The third kappa shape index (κ3) is 4.95. The molecule has 0 fully saturated rings. The highest BCUT2D eigenvalue weighted by Gasteiger charge is 2.18. The third-order valence-corrected chi connectivity index (χ3v) is 5.04. The van der Waals surface area contributed by atoms with Gasteiger partial charge in [-0.2, -0.15) is 0 Å². The normalized spacial score (nSPS) is 16.6. The van der Waals surface area contributed by atoms with E-state index in [1.54, 1.807) is 29.3 Å². The molecule has 1 aliphatic heterocycles. The van der Waals surface area contributed by atoms with Crippen molar-refractivity contribution in [2.24, 2.45) is 0 Å². The van der Waals surface area contributed by atoms with Crippen molar-refractivity contribution in [3.05, 3.63) is 59.4 Å². The van der Waals surface area contributed by atoms with Crippen molar-refractivity contribution in [1.82, 2.24) is 15.2 Å². The second-order valence-corrected chi connectivity index (χ2v) is 6.92. The van der Waals surface area contributed by atoms with Gasteiger partial charge in [-0.1, -0.05) is 18.2 Å². The molecule has 0 atom stereocenters. The zero-order chi connectivity index (χ0) is 20.6. The van der Waals surface area contributed by atoms with Crippen LogP contribution in [-0.2, 0) is 0 Å². The van der Waals surface area contributed by atoms with E-state index in [0.29, 0.717) is 36.7 Å². The molecular weight excluding hydrogens is 366 g/mol. The van der Waals surface area contributed by atoms with Crippen LogP contribution in [0.3, 0.4) is 0 Å². The molecule has 2 N–H and O–H groups in total. The van der Waals surface area contributed by atoms with Gasteiger partial charge in [-0.25, -0.2) is 0 Å². The molecule has 29 heavy (non-hydrogen) atoms. The molecule has 2 heterocycles. The molecule has 0 saturated carbocycles. The predicted octanol–water partition coefficient (Wildman–Crippen LogP) is 3.46.